The van der Waals surface area contributed by atoms with Gasteiger partial charge in [0.25, 0.3) is 0 Å². The van der Waals surface area contributed by atoms with Gasteiger partial charge in [-0.25, -0.2) is 4.63 Å². The van der Waals surface area contributed by atoms with Crippen LogP contribution in [0.15, 0.2) is 57.3 Å². The first-order valence-corrected chi connectivity index (χ1v) is 8.45. The quantitative estimate of drug-likeness (QED) is 0.353. The van der Waals surface area contributed by atoms with E-state index in [1.54, 1.807) is 25.3 Å². The van der Waals surface area contributed by atoms with E-state index < -0.39 is 0 Å². The zero-order valence-electron chi connectivity index (χ0n) is 14.9. The van der Waals surface area contributed by atoms with Crippen molar-refractivity contribution in [2.45, 2.75) is 6.61 Å². The van der Waals surface area contributed by atoms with Gasteiger partial charge in [-0.3, -0.25) is 0 Å². The molecule has 0 radical (unpaired) electrons. The molecule has 0 atom stereocenters. The molecule has 28 heavy (non-hydrogen) atoms. The summed E-state index contributed by atoms with van der Waals surface area (Å²) in [6, 6.07) is 12.7. The number of halogens is 1. The van der Waals surface area contributed by atoms with Crippen LogP contribution >= 0.6 is 11.6 Å². The number of amidine groups is 1. The van der Waals surface area contributed by atoms with E-state index in [9.17, 15) is 0 Å². The maximum atomic E-state index is 6.12. The average Bonchev–Trinajstić information content (AvgIpc) is 3.13. The van der Waals surface area contributed by atoms with E-state index in [2.05, 4.69) is 25.1 Å². The van der Waals surface area contributed by atoms with Crippen molar-refractivity contribution in [3.05, 3.63) is 64.3 Å². The van der Waals surface area contributed by atoms with Crippen molar-refractivity contribution in [1.29, 1.82) is 0 Å². The van der Waals surface area contributed by atoms with Gasteiger partial charge in [0.1, 0.15) is 18.1 Å². The normalized spacial score (nSPS) is 11.7. The molecule has 0 saturated carbocycles. The molecule has 0 aliphatic heterocycles. The molecule has 2 aromatic carbocycles. The molecule has 9 nitrogen and oxygen atoms in total. The minimum absolute atomic E-state index is 0.00853. The van der Waals surface area contributed by atoms with Gasteiger partial charge in [0.2, 0.25) is 0 Å². The van der Waals surface area contributed by atoms with Gasteiger partial charge >= 0.3 is 0 Å². The third-order valence-electron chi connectivity index (χ3n) is 3.65. The molecule has 3 aromatic rings. The molecule has 0 aliphatic carbocycles. The van der Waals surface area contributed by atoms with Gasteiger partial charge < -0.3 is 20.9 Å². The number of hydrogen-bond donors (Lipinski definition) is 2. The fourth-order valence-corrected chi connectivity index (χ4v) is 2.48. The van der Waals surface area contributed by atoms with Crippen LogP contribution in [0.3, 0.4) is 0 Å². The lowest BCUT2D eigenvalue weighted by Crippen LogP contribution is -2.15. The Hall–Kier alpha value is -3.59. The average molecular weight is 401 g/mol. The lowest BCUT2D eigenvalue weighted by Gasteiger charge is -2.12. The number of nitrogens with two attached hydrogens (primary N) is 2. The van der Waals surface area contributed by atoms with Crippen LogP contribution < -0.4 is 20.9 Å². The first-order chi connectivity index (χ1) is 13.6. The van der Waals surface area contributed by atoms with Gasteiger partial charge in [-0.15, -0.1) is 5.10 Å². The van der Waals surface area contributed by atoms with E-state index in [1.165, 1.54) is 6.21 Å². The molecule has 0 spiro atoms. The Labute approximate surface area is 165 Å². The van der Waals surface area contributed by atoms with Crippen molar-refractivity contribution >= 4 is 29.5 Å². The van der Waals surface area contributed by atoms with E-state index in [1.807, 2.05) is 24.3 Å². The number of nitrogens with zero attached hydrogens (tertiary/aromatic N) is 4. The minimum Gasteiger partial charge on any atom is -0.496 e. The highest BCUT2D eigenvalue weighted by molar-refractivity contribution is 6.32. The SMILES string of the molecule is COc1ccc(/C=N\N=C(N)c2nonc2N)cc1COc1ccccc1Cl. The summed E-state index contributed by atoms with van der Waals surface area (Å²) in [4.78, 5) is 0. The van der Waals surface area contributed by atoms with Crippen molar-refractivity contribution in [3.63, 3.8) is 0 Å². The number of ether oxygens (including phenoxy) is 2. The van der Waals surface area contributed by atoms with Crippen LogP contribution in [0, 0.1) is 0 Å². The Kier molecular flexibility index (Phi) is 6.07. The number of hydrogen-bond acceptors (Lipinski definition) is 8. The molecule has 0 unspecified atom stereocenters. The summed E-state index contributed by atoms with van der Waals surface area (Å²) >= 11 is 6.12. The first kappa shape index (κ1) is 19.2. The number of anilines is 1. The molecule has 144 valence electrons. The Balaban J connectivity index is 1.75. The number of rotatable bonds is 7. The van der Waals surface area contributed by atoms with Gasteiger partial charge in [-0.05, 0) is 46.2 Å². The number of benzene rings is 2. The molecule has 0 bridgehead atoms. The second kappa shape index (κ2) is 8.87. The van der Waals surface area contributed by atoms with Gasteiger partial charge in [0.15, 0.2) is 17.3 Å². The molecular weight excluding hydrogens is 384 g/mol. The van der Waals surface area contributed by atoms with E-state index in [4.69, 9.17) is 32.5 Å². The van der Waals surface area contributed by atoms with Crippen LogP contribution in [0.1, 0.15) is 16.8 Å². The van der Waals surface area contributed by atoms with Crippen LogP contribution in [-0.4, -0.2) is 29.5 Å². The summed E-state index contributed by atoms with van der Waals surface area (Å²) in [6.07, 6.45) is 1.52. The van der Waals surface area contributed by atoms with E-state index in [0.29, 0.717) is 16.5 Å². The summed E-state index contributed by atoms with van der Waals surface area (Å²) in [5.74, 6) is 1.29. The van der Waals surface area contributed by atoms with E-state index in [-0.39, 0.29) is 24.0 Å². The lowest BCUT2D eigenvalue weighted by molar-refractivity contribution is 0.297. The highest BCUT2D eigenvalue weighted by Crippen LogP contribution is 2.26. The smallest absolute Gasteiger partial charge is 0.199 e. The van der Waals surface area contributed by atoms with Gasteiger partial charge in [0.05, 0.1) is 18.3 Å². The monoisotopic (exact) mass is 400 g/mol. The van der Waals surface area contributed by atoms with Crippen LogP contribution in [0.25, 0.3) is 0 Å². The number of nitrogen functional groups attached to an aromatic ring is 1. The van der Waals surface area contributed by atoms with E-state index >= 15 is 0 Å². The van der Waals surface area contributed by atoms with E-state index in [0.717, 1.165) is 11.1 Å². The summed E-state index contributed by atoms with van der Waals surface area (Å²) in [5.41, 5.74) is 13.0. The summed E-state index contributed by atoms with van der Waals surface area (Å²) in [5, 5.41) is 15.3. The number of aromatic nitrogens is 2. The molecule has 0 aliphatic rings. The molecule has 1 heterocycles. The Bertz CT molecular complexity index is 1020. The first-order valence-electron chi connectivity index (χ1n) is 8.07. The van der Waals surface area contributed by atoms with Gasteiger partial charge in [0, 0.05) is 5.56 Å². The number of methoxy groups -OCH3 is 1. The van der Waals surface area contributed by atoms with Crippen LogP contribution in [0.5, 0.6) is 11.5 Å². The molecule has 10 heteroatoms. The van der Waals surface area contributed by atoms with Gasteiger partial charge in [-0.1, -0.05) is 23.7 Å². The maximum absolute atomic E-state index is 6.12. The molecule has 4 N–H and O–H groups in total. The minimum atomic E-state index is -0.00853. The third kappa shape index (κ3) is 4.57. The molecule has 3 rings (SSSR count). The van der Waals surface area contributed by atoms with Crippen molar-refractivity contribution in [1.82, 2.24) is 10.3 Å². The Morgan fingerprint density at radius 2 is 2.04 bits per heavy atom. The lowest BCUT2D eigenvalue weighted by atomic mass is 10.1. The van der Waals surface area contributed by atoms with Crippen molar-refractivity contribution in [3.8, 4) is 11.5 Å². The topological polar surface area (TPSA) is 134 Å². The van der Waals surface area contributed by atoms with Crippen molar-refractivity contribution in [2.75, 3.05) is 12.8 Å². The zero-order chi connectivity index (χ0) is 19.9. The largest absolute Gasteiger partial charge is 0.496 e. The third-order valence-corrected chi connectivity index (χ3v) is 3.97. The fraction of sp³-hybridized carbons (Fsp3) is 0.111. The molecule has 0 amide bonds. The molecule has 1 aromatic heterocycles. The molecule has 0 fully saturated rings. The molecular formula is C18H17ClN6O3. The van der Waals surface area contributed by atoms with Crippen LogP contribution in [0.4, 0.5) is 5.82 Å². The molecule has 0 saturated heterocycles. The second-order valence-electron chi connectivity index (χ2n) is 5.52. The number of para-hydroxylation sites is 1. The summed E-state index contributed by atoms with van der Waals surface area (Å²) in [7, 11) is 1.59. The summed E-state index contributed by atoms with van der Waals surface area (Å²) in [6.45, 7) is 0.265. The zero-order valence-corrected chi connectivity index (χ0v) is 15.6. The maximum Gasteiger partial charge on any atom is 0.199 e. The Morgan fingerprint density at radius 1 is 1.21 bits per heavy atom. The highest BCUT2D eigenvalue weighted by Gasteiger charge is 2.10. The Morgan fingerprint density at radius 3 is 2.75 bits per heavy atom. The predicted octanol–water partition coefficient (Wildman–Crippen LogP) is 2.63. The predicted molar refractivity (Wildman–Crippen MR) is 106 cm³/mol. The summed E-state index contributed by atoms with van der Waals surface area (Å²) < 4.78 is 15.6. The van der Waals surface area contributed by atoms with Crippen LogP contribution in [-0.2, 0) is 6.61 Å². The van der Waals surface area contributed by atoms with Crippen molar-refractivity contribution < 1.29 is 14.1 Å². The fourth-order valence-electron chi connectivity index (χ4n) is 2.29. The van der Waals surface area contributed by atoms with Crippen LogP contribution in [0.2, 0.25) is 5.02 Å². The highest BCUT2D eigenvalue weighted by atomic mass is 35.5. The van der Waals surface area contributed by atoms with Gasteiger partial charge in [-0.2, -0.15) is 5.10 Å². The second-order valence-corrected chi connectivity index (χ2v) is 5.93. The van der Waals surface area contributed by atoms with Crippen molar-refractivity contribution in [2.24, 2.45) is 15.9 Å². The standard InChI is InChI=1S/C18H17ClN6O3/c1-26-14-7-6-11(9-22-23-17(20)16-18(21)25-28-24-16)8-12(14)10-27-15-5-3-2-4-13(15)19/h2-9H,10H2,1H3,(H2,20,23)(H2,21,25)/b22-9-.